The van der Waals surface area contributed by atoms with Crippen LogP contribution < -0.4 is 16.0 Å². The topological polar surface area (TPSA) is 92.5 Å². The lowest BCUT2D eigenvalue weighted by Gasteiger charge is -2.22. The zero-order valence-electron chi connectivity index (χ0n) is 9.96. The van der Waals surface area contributed by atoms with Crippen molar-refractivity contribution in [3.63, 3.8) is 0 Å². The van der Waals surface area contributed by atoms with Gasteiger partial charge in [0.05, 0.1) is 16.3 Å². The first-order chi connectivity index (χ1) is 8.47. The molecule has 1 aromatic carbocycles. The molecule has 1 heterocycles. The fourth-order valence-corrected chi connectivity index (χ4v) is 2.64. The number of nitrogens with one attached hydrogen (secondary N) is 1. The van der Waals surface area contributed by atoms with Crippen molar-refractivity contribution in [2.45, 2.75) is 11.1 Å². The number of carbonyl (C=O) groups is 1. The Balaban J connectivity index is 2.47. The smallest absolute Gasteiger partial charge is 0.175 e. The van der Waals surface area contributed by atoms with Gasteiger partial charge in [0.15, 0.2) is 22.3 Å². The van der Waals surface area contributed by atoms with Crippen LogP contribution in [0.5, 0.6) is 0 Å². The van der Waals surface area contributed by atoms with Crippen LogP contribution in [-0.4, -0.2) is 40.2 Å². The van der Waals surface area contributed by atoms with Crippen molar-refractivity contribution in [2.75, 3.05) is 29.6 Å². The van der Waals surface area contributed by atoms with Crippen molar-refractivity contribution in [1.82, 2.24) is 0 Å². The Kier molecular flexibility index (Phi) is 3.27. The van der Waals surface area contributed by atoms with Crippen LogP contribution in [0.3, 0.4) is 0 Å². The van der Waals surface area contributed by atoms with Crippen LogP contribution >= 0.6 is 0 Å². The van der Waals surface area contributed by atoms with Gasteiger partial charge < -0.3 is 16.0 Å². The van der Waals surface area contributed by atoms with Crippen molar-refractivity contribution in [3.8, 4) is 0 Å². The third kappa shape index (κ3) is 2.19. The first-order valence-electron chi connectivity index (χ1n) is 5.50. The molecule has 0 saturated carbocycles. The highest BCUT2D eigenvalue weighted by Gasteiger charge is 2.28. The van der Waals surface area contributed by atoms with Gasteiger partial charge in [0.2, 0.25) is 0 Å². The van der Waals surface area contributed by atoms with E-state index in [-0.39, 0.29) is 4.90 Å². The maximum atomic E-state index is 11.5. The number of carbonyl (C=O) groups excluding carboxylic acids is 1. The fourth-order valence-electron chi connectivity index (χ4n) is 1.99. The number of nitrogens with zero attached hydrogens (tertiary/aromatic N) is 1. The number of fused-ring (bicyclic) bond motifs is 1. The van der Waals surface area contributed by atoms with Crippen molar-refractivity contribution in [3.05, 3.63) is 18.2 Å². The quantitative estimate of drug-likeness (QED) is 0.736. The summed E-state index contributed by atoms with van der Waals surface area (Å²) in [6.45, 7) is 0.866. The molecule has 2 rings (SSSR count). The molecule has 0 bridgehead atoms. The summed E-state index contributed by atoms with van der Waals surface area (Å²) in [7, 11) is -3.26. The van der Waals surface area contributed by atoms with Gasteiger partial charge in [-0.3, -0.25) is 4.79 Å². The maximum absolute atomic E-state index is 11.5. The number of benzene rings is 1. The third-order valence-corrected chi connectivity index (χ3v) is 3.96. The predicted molar refractivity (Wildman–Crippen MR) is 69.4 cm³/mol. The van der Waals surface area contributed by atoms with E-state index >= 15 is 0 Å². The molecule has 1 aliphatic heterocycles. The molecule has 98 valence electrons. The first kappa shape index (κ1) is 12.8. The van der Waals surface area contributed by atoms with Gasteiger partial charge in [-0.05, 0) is 18.2 Å². The summed E-state index contributed by atoms with van der Waals surface area (Å²) in [5.41, 5.74) is 6.94. The summed E-state index contributed by atoms with van der Waals surface area (Å²) >= 11 is 0. The second kappa shape index (κ2) is 4.58. The van der Waals surface area contributed by atoms with Crippen molar-refractivity contribution < 1.29 is 13.2 Å². The van der Waals surface area contributed by atoms with Crippen molar-refractivity contribution >= 4 is 27.5 Å². The Hall–Kier alpha value is -1.60. The lowest BCUT2D eigenvalue weighted by molar-refractivity contribution is -0.108. The van der Waals surface area contributed by atoms with Gasteiger partial charge in [-0.2, -0.15) is 0 Å². The van der Waals surface area contributed by atoms with E-state index in [1.54, 1.807) is 17.0 Å². The average molecular weight is 269 g/mol. The summed E-state index contributed by atoms with van der Waals surface area (Å²) in [6, 6.07) is 4.75. The molecule has 18 heavy (non-hydrogen) atoms. The minimum atomic E-state index is -3.26. The van der Waals surface area contributed by atoms with Gasteiger partial charge in [-0.1, -0.05) is 0 Å². The van der Waals surface area contributed by atoms with E-state index < -0.39 is 16.0 Å². The summed E-state index contributed by atoms with van der Waals surface area (Å²) < 4.78 is 23.0. The largest absolute Gasteiger partial charge is 0.358 e. The Morgan fingerprint density at radius 2 is 2.22 bits per heavy atom. The fraction of sp³-hybridized carbons (Fsp3) is 0.364. The lowest BCUT2D eigenvalue weighted by Crippen LogP contribution is -2.40. The number of sulfone groups is 1. The van der Waals surface area contributed by atoms with Gasteiger partial charge in [0, 0.05) is 19.3 Å². The Morgan fingerprint density at radius 3 is 2.78 bits per heavy atom. The second-order valence-electron chi connectivity index (χ2n) is 4.16. The van der Waals surface area contributed by atoms with Gasteiger partial charge in [-0.15, -0.1) is 0 Å². The zero-order valence-corrected chi connectivity index (χ0v) is 10.8. The van der Waals surface area contributed by atoms with Crippen LogP contribution in [0.1, 0.15) is 0 Å². The average Bonchev–Trinajstić information content (AvgIpc) is 2.66. The minimum absolute atomic E-state index is 0.233. The molecular formula is C11H15N3O3S. The maximum Gasteiger partial charge on any atom is 0.175 e. The van der Waals surface area contributed by atoms with E-state index in [0.717, 1.165) is 18.2 Å². The van der Waals surface area contributed by atoms with E-state index in [2.05, 4.69) is 5.32 Å². The molecule has 1 aromatic rings. The van der Waals surface area contributed by atoms with E-state index in [9.17, 15) is 13.2 Å². The predicted octanol–water partition coefficient (Wildman–Crippen LogP) is -0.194. The summed E-state index contributed by atoms with van der Waals surface area (Å²) in [5, 5.41) is 3.01. The lowest BCUT2D eigenvalue weighted by atomic mass is 10.2. The van der Waals surface area contributed by atoms with Gasteiger partial charge in [0.1, 0.15) is 0 Å². The molecule has 0 radical (unpaired) electrons. The van der Waals surface area contributed by atoms with E-state index in [4.69, 9.17) is 5.73 Å². The van der Waals surface area contributed by atoms with Crippen LogP contribution in [0.25, 0.3) is 0 Å². The highest BCUT2D eigenvalue weighted by molar-refractivity contribution is 7.90. The van der Waals surface area contributed by atoms with Crippen molar-refractivity contribution in [2.24, 2.45) is 5.73 Å². The zero-order chi connectivity index (χ0) is 13.3. The number of nitrogens with two attached hydrogens (primary N) is 1. The number of aldehydes is 1. The highest BCUT2D eigenvalue weighted by atomic mass is 32.2. The monoisotopic (exact) mass is 269 g/mol. The van der Waals surface area contributed by atoms with Crippen LogP contribution in [0, 0.1) is 0 Å². The molecule has 0 spiro atoms. The molecule has 0 aromatic heterocycles. The summed E-state index contributed by atoms with van der Waals surface area (Å²) in [6.07, 6.45) is 1.44. The molecule has 1 atom stereocenters. The van der Waals surface area contributed by atoms with Gasteiger partial charge >= 0.3 is 0 Å². The molecule has 0 aliphatic carbocycles. The molecule has 3 N–H and O–H groups in total. The normalized spacial score (nSPS) is 18.3. The number of rotatable bonds is 4. The minimum Gasteiger partial charge on any atom is -0.358 e. The molecular weight excluding hydrogens is 254 g/mol. The molecule has 0 fully saturated rings. The molecule has 1 aliphatic rings. The Morgan fingerprint density at radius 1 is 1.50 bits per heavy atom. The number of hydrogen-bond acceptors (Lipinski definition) is 6. The number of anilines is 2. The summed E-state index contributed by atoms with van der Waals surface area (Å²) in [5.74, 6) is 0. The first-order valence-corrected chi connectivity index (χ1v) is 7.39. The van der Waals surface area contributed by atoms with Crippen LogP contribution in [0.2, 0.25) is 0 Å². The molecule has 7 heteroatoms. The summed E-state index contributed by atoms with van der Waals surface area (Å²) in [4.78, 5) is 13.0. The second-order valence-corrected chi connectivity index (χ2v) is 6.17. The SMILES string of the molecule is CS(=O)(=O)c1ccc2c(c1)N(CCN)C(C=O)N2. The van der Waals surface area contributed by atoms with E-state index in [1.807, 2.05) is 0 Å². The van der Waals surface area contributed by atoms with E-state index in [1.165, 1.54) is 6.07 Å². The Bertz CT molecular complexity index is 571. The highest BCUT2D eigenvalue weighted by Crippen LogP contribution is 2.35. The molecule has 1 unspecified atom stereocenters. The van der Waals surface area contributed by atoms with Crippen LogP contribution in [-0.2, 0) is 14.6 Å². The Labute approximate surface area is 106 Å². The van der Waals surface area contributed by atoms with Crippen molar-refractivity contribution in [1.29, 1.82) is 0 Å². The molecule has 6 nitrogen and oxygen atoms in total. The molecule has 0 saturated heterocycles. The van der Waals surface area contributed by atoms with E-state index in [0.29, 0.717) is 18.8 Å². The van der Waals surface area contributed by atoms with Gasteiger partial charge in [-0.25, -0.2) is 8.42 Å². The standard InChI is InChI=1S/C11H15N3O3S/c1-18(16,17)8-2-3-9-10(6-8)14(5-4-12)11(7-15)13-9/h2-3,6-7,11,13H,4-5,12H2,1H3. The van der Waals surface area contributed by atoms with Crippen LogP contribution in [0.4, 0.5) is 11.4 Å². The van der Waals surface area contributed by atoms with Crippen LogP contribution in [0.15, 0.2) is 23.1 Å². The van der Waals surface area contributed by atoms with Gasteiger partial charge in [0.25, 0.3) is 0 Å². The molecule has 0 amide bonds. The third-order valence-electron chi connectivity index (χ3n) is 2.84. The number of hydrogen-bond donors (Lipinski definition) is 2.